The summed E-state index contributed by atoms with van der Waals surface area (Å²) in [6.45, 7) is 2.43. The van der Waals surface area contributed by atoms with Crippen molar-refractivity contribution in [1.82, 2.24) is 0 Å². The third kappa shape index (κ3) is 2.39. The third-order valence-electron chi connectivity index (χ3n) is 3.07. The van der Waals surface area contributed by atoms with Crippen molar-refractivity contribution in [2.24, 2.45) is 5.73 Å². The maximum Gasteiger partial charge on any atom is 0.185 e. The molecule has 1 aliphatic heterocycles. The summed E-state index contributed by atoms with van der Waals surface area (Å²) in [5, 5.41) is 0. The van der Waals surface area contributed by atoms with Crippen molar-refractivity contribution in [3.05, 3.63) is 47.7 Å². The summed E-state index contributed by atoms with van der Waals surface area (Å²) in [5.41, 5.74) is 6.70. The Morgan fingerprint density at radius 1 is 1.35 bits per heavy atom. The lowest BCUT2D eigenvalue weighted by Gasteiger charge is -2.26. The summed E-state index contributed by atoms with van der Waals surface area (Å²) in [5.74, 6) is -0.0524. The number of carbonyl (C=O) groups is 1. The average molecular weight is 231 g/mol. The first-order valence-corrected chi connectivity index (χ1v) is 5.82. The molecule has 0 radical (unpaired) electrons. The molecule has 0 spiro atoms. The van der Waals surface area contributed by atoms with Gasteiger partial charge in [-0.1, -0.05) is 30.3 Å². The number of hydrogen-bond acceptors (Lipinski definition) is 3. The molecule has 3 heteroatoms. The number of benzene rings is 1. The molecule has 2 N–H and O–H groups in total. The Kier molecular flexibility index (Phi) is 3.29. The number of nitrogens with two attached hydrogens (primary N) is 1. The number of Topliss-reactive ketones (excluding diaryl/α,β-unsaturated/α-hetero) is 1. The Labute approximate surface area is 101 Å². The van der Waals surface area contributed by atoms with E-state index in [0.29, 0.717) is 12.2 Å². The molecule has 1 atom stereocenters. The number of ether oxygens (including phenoxy) is 1. The van der Waals surface area contributed by atoms with Gasteiger partial charge in [0.1, 0.15) is 5.54 Å². The van der Waals surface area contributed by atoms with E-state index in [1.165, 1.54) is 0 Å². The van der Waals surface area contributed by atoms with Crippen molar-refractivity contribution >= 4 is 5.78 Å². The van der Waals surface area contributed by atoms with Gasteiger partial charge in [-0.3, -0.25) is 4.79 Å². The highest BCUT2D eigenvalue weighted by molar-refractivity contribution is 6.02. The van der Waals surface area contributed by atoms with Gasteiger partial charge >= 0.3 is 0 Å². The van der Waals surface area contributed by atoms with E-state index in [9.17, 15) is 4.79 Å². The molecule has 1 aliphatic rings. The molecule has 17 heavy (non-hydrogen) atoms. The maximum absolute atomic E-state index is 12.3. The molecule has 0 saturated heterocycles. The van der Waals surface area contributed by atoms with E-state index in [1.54, 1.807) is 13.2 Å². The first-order chi connectivity index (χ1) is 8.12. The predicted octanol–water partition coefficient (Wildman–Crippen LogP) is 2.12. The highest BCUT2D eigenvalue weighted by Crippen LogP contribution is 2.25. The summed E-state index contributed by atoms with van der Waals surface area (Å²) in [6, 6.07) is 9.44. The van der Waals surface area contributed by atoms with E-state index in [4.69, 9.17) is 10.5 Å². The van der Waals surface area contributed by atoms with E-state index in [1.807, 2.05) is 30.3 Å². The average Bonchev–Trinajstić information content (AvgIpc) is 2.40. The van der Waals surface area contributed by atoms with Gasteiger partial charge in [-0.05, 0) is 25.3 Å². The Hall–Kier alpha value is -1.61. The zero-order valence-electron chi connectivity index (χ0n) is 9.98. The van der Waals surface area contributed by atoms with Crippen molar-refractivity contribution in [3.63, 3.8) is 0 Å². The Morgan fingerprint density at radius 2 is 2.06 bits per heavy atom. The first kappa shape index (κ1) is 11.9. The van der Waals surface area contributed by atoms with Gasteiger partial charge in [-0.2, -0.15) is 0 Å². The lowest BCUT2D eigenvalue weighted by atomic mass is 9.84. The zero-order valence-corrected chi connectivity index (χ0v) is 9.98. The molecule has 0 aromatic heterocycles. The van der Waals surface area contributed by atoms with Gasteiger partial charge in [0.2, 0.25) is 0 Å². The second kappa shape index (κ2) is 4.72. The predicted molar refractivity (Wildman–Crippen MR) is 66.3 cm³/mol. The minimum Gasteiger partial charge on any atom is -0.501 e. The molecule has 1 aromatic carbocycles. The summed E-state index contributed by atoms with van der Waals surface area (Å²) in [6.07, 6.45) is 3.18. The second-order valence-electron chi connectivity index (χ2n) is 4.51. The second-order valence-corrected chi connectivity index (χ2v) is 4.51. The molecular weight excluding hydrogens is 214 g/mol. The van der Waals surface area contributed by atoms with Crippen LogP contribution in [-0.4, -0.2) is 12.4 Å². The minimum atomic E-state index is -0.978. The van der Waals surface area contributed by atoms with Gasteiger partial charge in [0.15, 0.2) is 5.78 Å². The number of ketones is 1. The largest absolute Gasteiger partial charge is 0.501 e. The molecule has 1 unspecified atom stereocenters. The topological polar surface area (TPSA) is 52.3 Å². The third-order valence-corrected chi connectivity index (χ3v) is 3.07. The molecule has 0 fully saturated rings. The van der Waals surface area contributed by atoms with E-state index in [-0.39, 0.29) is 5.78 Å². The molecular formula is C14H17NO2. The molecule has 0 bridgehead atoms. The van der Waals surface area contributed by atoms with Gasteiger partial charge in [0, 0.05) is 5.57 Å². The van der Waals surface area contributed by atoms with Crippen LogP contribution in [0.5, 0.6) is 0 Å². The molecule has 1 aromatic rings. The van der Waals surface area contributed by atoms with Crippen molar-refractivity contribution in [3.8, 4) is 0 Å². The lowest BCUT2D eigenvalue weighted by Crippen LogP contribution is -2.43. The van der Waals surface area contributed by atoms with Gasteiger partial charge < -0.3 is 10.5 Å². The smallest absolute Gasteiger partial charge is 0.185 e. The van der Waals surface area contributed by atoms with Crippen molar-refractivity contribution in [2.75, 3.05) is 6.61 Å². The fourth-order valence-electron chi connectivity index (χ4n) is 1.98. The number of rotatable bonds is 3. The van der Waals surface area contributed by atoms with Gasteiger partial charge in [0.05, 0.1) is 12.9 Å². The van der Waals surface area contributed by atoms with Gasteiger partial charge in [-0.25, -0.2) is 0 Å². The highest BCUT2D eigenvalue weighted by atomic mass is 16.5. The first-order valence-electron chi connectivity index (χ1n) is 5.82. The quantitative estimate of drug-likeness (QED) is 0.867. The Bertz CT molecular complexity index is 435. The van der Waals surface area contributed by atoms with Gasteiger partial charge in [-0.15, -0.1) is 0 Å². The number of hydrogen-bond donors (Lipinski definition) is 1. The zero-order chi connectivity index (χ0) is 12.3. The summed E-state index contributed by atoms with van der Waals surface area (Å²) < 4.78 is 5.20. The Morgan fingerprint density at radius 3 is 2.65 bits per heavy atom. The fourth-order valence-corrected chi connectivity index (χ4v) is 1.98. The highest BCUT2D eigenvalue weighted by Gasteiger charge is 2.33. The van der Waals surface area contributed by atoms with E-state index in [0.717, 1.165) is 18.4 Å². The number of carbonyl (C=O) groups excluding carboxylic acids is 1. The molecule has 3 nitrogen and oxygen atoms in total. The van der Waals surface area contributed by atoms with Crippen LogP contribution in [0.1, 0.15) is 25.3 Å². The minimum absolute atomic E-state index is 0.0524. The van der Waals surface area contributed by atoms with Crippen LogP contribution >= 0.6 is 0 Å². The van der Waals surface area contributed by atoms with Crippen molar-refractivity contribution in [1.29, 1.82) is 0 Å². The summed E-state index contributed by atoms with van der Waals surface area (Å²) >= 11 is 0. The summed E-state index contributed by atoms with van der Waals surface area (Å²) in [7, 11) is 0. The van der Waals surface area contributed by atoms with Crippen LogP contribution in [0.3, 0.4) is 0 Å². The van der Waals surface area contributed by atoms with E-state index in [2.05, 4.69) is 0 Å². The van der Waals surface area contributed by atoms with Crippen LogP contribution in [0.25, 0.3) is 0 Å². The van der Waals surface area contributed by atoms with Gasteiger partial charge in [0.25, 0.3) is 0 Å². The van der Waals surface area contributed by atoms with Crippen molar-refractivity contribution < 1.29 is 9.53 Å². The normalized spacial score (nSPS) is 18.8. The lowest BCUT2D eigenvalue weighted by molar-refractivity contribution is -0.120. The summed E-state index contributed by atoms with van der Waals surface area (Å²) in [4.78, 5) is 12.3. The fraction of sp³-hybridized carbons (Fsp3) is 0.357. The van der Waals surface area contributed by atoms with Crippen LogP contribution < -0.4 is 5.73 Å². The molecule has 0 amide bonds. The van der Waals surface area contributed by atoms with Crippen LogP contribution in [0.4, 0.5) is 0 Å². The van der Waals surface area contributed by atoms with Crippen molar-refractivity contribution in [2.45, 2.75) is 25.3 Å². The standard InChI is InChI=1S/C14H17NO2/c1-14(15,12-7-3-2-4-8-12)13(16)11-6-5-9-17-10-11/h2-4,7-8,10H,5-6,9,15H2,1H3. The molecule has 0 saturated carbocycles. The molecule has 1 heterocycles. The molecule has 90 valence electrons. The monoisotopic (exact) mass is 231 g/mol. The van der Waals surface area contributed by atoms with Crippen LogP contribution in [0.15, 0.2) is 42.2 Å². The van der Waals surface area contributed by atoms with E-state index < -0.39 is 5.54 Å². The Balaban J connectivity index is 2.26. The van der Waals surface area contributed by atoms with E-state index >= 15 is 0 Å². The molecule has 0 aliphatic carbocycles. The maximum atomic E-state index is 12.3. The van der Waals surface area contributed by atoms with Crippen LogP contribution in [0, 0.1) is 0 Å². The SMILES string of the molecule is CC(N)(C(=O)C1=COCCC1)c1ccccc1. The van der Waals surface area contributed by atoms with Crippen LogP contribution in [0.2, 0.25) is 0 Å². The van der Waals surface area contributed by atoms with Crippen LogP contribution in [-0.2, 0) is 15.1 Å². The molecule has 2 rings (SSSR count).